The topological polar surface area (TPSA) is 108 Å². The largest absolute Gasteiger partial charge is 0.368 e. The molecule has 0 aliphatic heterocycles. The van der Waals surface area contributed by atoms with Gasteiger partial charge in [-0.05, 0) is 43.2 Å². The molecule has 0 atom stereocenters. The summed E-state index contributed by atoms with van der Waals surface area (Å²) in [6, 6.07) is 6.03. The van der Waals surface area contributed by atoms with Crippen molar-refractivity contribution in [2.75, 3.05) is 11.1 Å². The Morgan fingerprint density at radius 1 is 1.15 bits per heavy atom. The van der Waals surface area contributed by atoms with Gasteiger partial charge in [-0.2, -0.15) is 10.1 Å². The van der Waals surface area contributed by atoms with Crippen molar-refractivity contribution in [1.29, 1.82) is 0 Å². The number of H-pyrrole nitrogens is 2. The molecule has 0 radical (unpaired) electrons. The fourth-order valence-electron chi connectivity index (χ4n) is 2.31. The number of rotatable bonds is 3. The first-order valence-corrected chi connectivity index (χ1v) is 6.19. The zero-order valence-corrected chi connectivity index (χ0v) is 11.2. The highest BCUT2D eigenvalue weighted by molar-refractivity contribution is 5.72. The molecule has 3 aromatic rings. The number of nitrogens with one attached hydrogen (secondary N) is 3. The van der Waals surface area contributed by atoms with Gasteiger partial charge in [0, 0.05) is 17.4 Å². The van der Waals surface area contributed by atoms with Gasteiger partial charge in [-0.1, -0.05) is 0 Å². The highest BCUT2D eigenvalue weighted by atomic mass is 15.3. The van der Waals surface area contributed by atoms with E-state index in [1.165, 1.54) is 0 Å². The van der Waals surface area contributed by atoms with Crippen LogP contribution in [0.4, 0.5) is 17.6 Å². The van der Waals surface area contributed by atoms with Crippen LogP contribution in [-0.2, 0) is 0 Å². The lowest BCUT2D eigenvalue weighted by atomic mass is 9.99. The molecule has 0 spiro atoms. The Balaban J connectivity index is 1.95. The van der Waals surface area contributed by atoms with Crippen LogP contribution >= 0.6 is 0 Å². The fourth-order valence-corrected chi connectivity index (χ4v) is 2.31. The number of nitrogens with two attached hydrogens (primary N) is 1. The molecule has 0 unspecified atom stereocenters. The summed E-state index contributed by atoms with van der Waals surface area (Å²) in [5, 5.41) is 16.7. The van der Waals surface area contributed by atoms with E-state index in [1.807, 2.05) is 18.2 Å². The van der Waals surface area contributed by atoms with Gasteiger partial charge in [0.2, 0.25) is 11.9 Å². The molecule has 2 heterocycles. The van der Waals surface area contributed by atoms with Crippen LogP contribution in [0.25, 0.3) is 11.3 Å². The van der Waals surface area contributed by atoms with E-state index in [1.54, 1.807) is 6.20 Å². The molecule has 7 nitrogen and oxygen atoms in total. The number of nitrogen functional groups attached to an aromatic ring is 1. The van der Waals surface area contributed by atoms with Crippen molar-refractivity contribution in [3.63, 3.8) is 0 Å². The van der Waals surface area contributed by atoms with Gasteiger partial charge in [0.1, 0.15) is 0 Å². The molecule has 1 aromatic carbocycles. The highest BCUT2D eigenvalue weighted by Crippen LogP contribution is 2.29. The third-order valence-electron chi connectivity index (χ3n) is 3.06. The molecule has 0 saturated carbocycles. The summed E-state index contributed by atoms with van der Waals surface area (Å²) in [5.41, 5.74) is 10.9. The molecule has 0 bridgehead atoms. The maximum atomic E-state index is 5.50. The lowest BCUT2D eigenvalue weighted by Gasteiger charge is -2.11. The van der Waals surface area contributed by atoms with Gasteiger partial charge in [-0.15, -0.1) is 5.10 Å². The molecular weight excluding hydrogens is 254 g/mol. The Bertz CT molecular complexity index is 704. The number of hydrogen-bond acceptors (Lipinski definition) is 5. The zero-order valence-electron chi connectivity index (χ0n) is 11.2. The summed E-state index contributed by atoms with van der Waals surface area (Å²) in [6.07, 6.45) is 1.75. The number of benzene rings is 1. The minimum Gasteiger partial charge on any atom is -0.368 e. The van der Waals surface area contributed by atoms with Gasteiger partial charge in [0.15, 0.2) is 0 Å². The lowest BCUT2D eigenvalue weighted by molar-refractivity contribution is 1.09. The molecule has 0 saturated heterocycles. The Kier molecular flexibility index (Phi) is 2.86. The molecule has 0 amide bonds. The van der Waals surface area contributed by atoms with Gasteiger partial charge in [-0.25, -0.2) is 5.10 Å². The molecule has 0 fully saturated rings. The summed E-state index contributed by atoms with van der Waals surface area (Å²) in [4.78, 5) is 4.02. The Labute approximate surface area is 115 Å². The fraction of sp³-hybridized carbons (Fsp3) is 0.154. The summed E-state index contributed by atoms with van der Waals surface area (Å²) >= 11 is 0. The smallest absolute Gasteiger partial charge is 0.248 e. The number of anilines is 3. The number of nitrogens with zero attached hydrogens (tertiary/aromatic N) is 3. The van der Waals surface area contributed by atoms with E-state index >= 15 is 0 Å². The van der Waals surface area contributed by atoms with Crippen LogP contribution in [0.3, 0.4) is 0 Å². The van der Waals surface area contributed by atoms with Gasteiger partial charge >= 0.3 is 0 Å². The van der Waals surface area contributed by atoms with Crippen LogP contribution < -0.4 is 11.1 Å². The summed E-state index contributed by atoms with van der Waals surface area (Å²) in [7, 11) is 0. The Morgan fingerprint density at radius 3 is 2.45 bits per heavy atom. The van der Waals surface area contributed by atoms with Crippen LogP contribution in [0, 0.1) is 13.8 Å². The summed E-state index contributed by atoms with van der Waals surface area (Å²) in [5.74, 6) is 0.741. The third kappa shape index (κ3) is 2.20. The predicted octanol–water partition coefficient (Wildman–Crippen LogP) is 2.14. The van der Waals surface area contributed by atoms with Crippen LogP contribution in [0.5, 0.6) is 0 Å². The first-order chi connectivity index (χ1) is 9.63. The first kappa shape index (κ1) is 12.2. The number of hydrogen-bond donors (Lipinski definition) is 4. The van der Waals surface area contributed by atoms with Crippen molar-refractivity contribution in [3.05, 3.63) is 35.5 Å². The van der Waals surface area contributed by atoms with Gasteiger partial charge in [0.25, 0.3) is 0 Å². The summed E-state index contributed by atoms with van der Waals surface area (Å²) in [6.45, 7) is 4.11. The molecule has 3 rings (SSSR count). The van der Waals surface area contributed by atoms with E-state index in [-0.39, 0.29) is 5.95 Å². The van der Waals surface area contributed by atoms with E-state index in [4.69, 9.17) is 5.73 Å². The van der Waals surface area contributed by atoms with Gasteiger partial charge < -0.3 is 11.1 Å². The molecule has 0 aliphatic rings. The highest BCUT2D eigenvalue weighted by Gasteiger charge is 2.10. The standard InChI is InChI=1S/C13H15N7/c1-7-5-9(16-13-17-12(14)19-20-13)6-8(2)11(7)10-3-4-15-18-10/h3-6H,1-2H3,(H,15,18)(H4,14,16,17,19,20). The molecule has 2 aromatic heterocycles. The second-order valence-corrected chi connectivity index (χ2v) is 4.62. The maximum Gasteiger partial charge on any atom is 0.248 e. The van der Waals surface area contributed by atoms with Crippen LogP contribution in [0.1, 0.15) is 11.1 Å². The predicted molar refractivity (Wildman–Crippen MR) is 77.6 cm³/mol. The molecule has 102 valence electrons. The third-order valence-corrected chi connectivity index (χ3v) is 3.06. The van der Waals surface area contributed by atoms with Gasteiger partial charge in [0.05, 0.1) is 5.69 Å². The van der Waals surface area contributed by atoms with Crippen LogP contribution in [0.2, 0.25) is 0 Å². The van der Waals surface area contributed by atoms with E-state index in [2.05, 4.69) is 44.5 Å². The molecule has 0 aliphatic carbocycles. The van der Waals surface area contributed by atoms with Crippen LogP contribution in [0.15, 0.2) is 24.4 Å². The van der Waals surface area contributed by atoms with Crippen molar-refractivity contribution in [2.24, 2.45) is 0 Å². The maximum absolute atomic E-state index is 5.50. The van der Waals surface area contributed by atoms with Crippen molar-refractivity contribution in [2.45, 2.75) is 13.8 Å². The molecule has 20 heavy (non-hydrogen) atoms. The first-order valence-electron chi connectivity index (χ1n) is 6.19. The Hall–Kier alpha value is -2.83. The normalized spacial score (nSPS) is 10.7. The average molecular weight is 269 g/mol. The van der Waals surface area contributed by atoms with Crippen molar-refractivity contribution in [1.82, 2.24) is 25.4 Å². The summed E-state index contributed by atoms with van der Waals surface area (Å²) < 4.78 is 0. The zero-order chi connectivity index (χ0) is 14.1. The van der Waals surface area contributed by atoms with Crippen LogP contribution in [-0.4, -0.2) is 25.4 Å². The van der Waals surface area contributed by atoms with Crippen molar-refractivity contribution in [3.8, 4) is 11.3 Å². The van der Waals surface area contributed by atoms with E-state index in [0.29, 0.717) is 5.95 Å². The van der Waals surface area contributed by atoms with E-state index in [9.17, 15) is 0 Å². The number of aryl methyl sites for hydroxylation is 2. The molecule has 5 N–H and O–H groups in total. The molecule has 7 heteroatoms. The lowest BCUT2D eigenvalue weighted by Crippen LogP contribution is -1.96. The number of aromatic amines is 2. The van der Waals surface area contributed by atoms with E-state index in [0.717, 1.165) is 28.1 Å². The van der Waals surface area contributed by atoms with E-state index < -0.39 is 0 Å². The van der Waals surface area contributed by atoms with Crippen molar-refractivity contribution >= 4 is 17.6 Å². The number of aromatic nitrogens is 5. The SMILES string of the molecule is Cc1cc(Nc2n[nH]c(N)n2)cc(C)c1-c1ccn[nH]1. The molecular formula is C13H15N7. The minimum atomic E-state index is 0.287. The van der Waals surface area contributed by atoms with Gasteiger partial charge in [-0.3, -0.25) is 5.10 Å². The quantitative estimate of drug-likeness (QED) is 0.582. The Morgan fingerprint density at radius 2 is 1.90 bits per heavy atom. The monoisotopic (exact) mass is 269 g/mol. The second-order valence-electron chi connectivity index (χ2n) is 4.62. The average Bonchev–Trinajstić information content (AvgIpc) is 3.01. The second kappa shape index (κ2) is 4.69. The van der Waals surface area contributed by atoms with Crippen molar-refractivity contribution < 1.29 is 0 Å². The minimum absolute atomic E-state index is 0.287.